The number of carboxylic acids is 1. The van der Waals surface area contributed by atoms with E-state index in [0.717, 1.165) is 0 Å². The molecular weight excluding hydrogens is 244 g/mol. The molecule has 100 valence electrons. The quantitative estimate of drug-likeness (QED) is 0.817. The van der Waals surface area contributed by atoms with Gasteiger partial charge in [0.05, 0.1) is 11.6 Å². The van der Waals surface area contributed by atoms with E-state index in [1.54, 1.807) is 18.2 Å². The molecule has 0 heterocycles. The summed E-state index contributed by atoms with van der Waals surface area (Å²) < 4.78 is 0. The molecule has 0 aliphatic carbocycles. The van der Waals surface area contributed by atoms with Crippen molar-refractivity contribution < 1.29 is 14.7 Å². The molecule has 1 rings (SSSR count). The van der Waals surface area contributed by atoms with Gasteiger partial charge in [0.15, 0.2) is 0 Å². The van der Waals surface area contributed by atoms with Crippen molar-refractivity contribution in [1.82, 2.24) is 5.32 Å². The Hall–Kier alpha value is -2.35. The van der Waals surface area contributed by atoms with Crippen LogP contribution in [0.5, 0.6) is 0 Å². The van der Waals surface area contributed by atoms with Crippen LogP contribution in [0, 0.1) is 11.3 Å². The lowest BCUT2D eigenvalue weighted by molar-refractivity contribution is -0.137. The zero-order valence-corrected chi connectivity index (χ0v) is 10.7. The Labute approximate surface area is 111 Å². The van der Waals surface area contributed by atoms with Crippen LogP contribution < -0.4 is 5.32 Å². The number of nitriles is 1. The molecule has 0 aliphatic rings. The maximum Gasteiger partial charge on any atom is 0.303 e. The minimum Gasteiger partial charge on any atom is -0.481 e. The smallest absolute Gasteiger partial charge is 0.303 e. The predicted molar refractivity (Wildman–Crippen MR) is 69.6 cm³/mol. The molecule has 1 aromatic rings. The van der Waals surface area contributed by atoms with Crippen LogP contribution in [0.2, 0.25) is 0 Å². The highest BCUT2D eigenvalue weighted by atomic mass is 16.4. The van der Waals surface area contributed by atoms with Gasteiger partial charge in [-0.05, 0) is 38.0 Å². The number of rotatable bonds is 6. The minimum absolute atomic E-state index is 0.0995. The van der Waals surface area contributed by atoms with Gasteiger partial charge in [0, 0.05) is 18.0 Å². The SMILES string of the molecule is CC(CCCC(=O)O)NC(=O)c1cccc(C#N)c1. The van der Waals surface area contributed by atoms with Gasteiger partial charge in [0.2, 0.25) is 0 Å². The van der Waals surface area contributed by atoms with Gasteiger partial charge in [-0.2, -0.15) is 5.26 Å². The fraction of sp³-hybridized carbons (Fsp3) is 0.357. The van der Waals surface area contributed by atoms with Crippen LogP contribution >= 0.6 is 0 Å². The summed E-state index contributed by atoms with van der Waals surface area (Å²) in [5.74, 6) is -1.08. The number of hydrogen-bond acceptors (Lipinski definition) is 3. The number of amides is 1. The van der Waals surface area contributed by atoms with Crippen molar-refractivity contribution in [1.29, 1.82) is 5.26 Å². The average molecular weight is 260 g/mol. The van der Waals surface area contributed by atoms with Gasteiger partial charge in [-0.25, -0.2) is 0 Å². The van der Waals surface area contributed by atoms with Crippen LogP contribution in [0.3, 0.4) is 0 Å². The number of carbonyl (C=O) groups is 2. The van der Waals surface area contributed by atoms with Crippen molar-refractivity contribution in [2.45, 2.75) is 32.2 Å². The minimum atomic E-state index is -0.833. The Morgan fingerprint density at radius 1 is 1.47 bits per heavy atom. The van der Waals surface area contributed by atoms with Gasteiger partial charge < -0.3 is 10.4 Å². The Morgan fingerprint density at radius 2 is 2.21 bits per heavy atom. The average Bonchev–Trinajstić information content (AvgIpc) is 2.38. The lowest BCUT2D eigenvalue weighted by Gasteiger charge is -2.13. The molecular formula is C14H16N2O3. The Kier molecular flexibility index (Phi) is 5.55. The molecule has 0 aromatic heterocycles. The molecule has 0 saturated heterocycles. The first kappa shape index (κ1) is 14.7. The van der Waals surface area contributed by atoms with E-state index < -0.39 is 5.97 Å². The fourth-order valence-electron chi connectivity index (χ4n) is 1.67. The van der Waals surface area contributed by atoms with Gasteiger partial charge in [0.25, 0.3) is 5.91 Å². The second-order valence-corrected chi connectivity index (χ2v) is 4.35. The summed E-state index contributed by atoms with van der Waals surface area (Å²) in [5, 5.41) is 20.1. The highest BCUT2D eigenvalue weighted by Gasteiger charge is 2.10. The molecule has 1 unspecified atom stereocenters. The lowest BCUT2D eigenvalue weighted by Crippen LogP contribution is -2.32. The highest BCUT2D eigenvalue weighted by Crippen LogP contribution is 2.06. The molecule has 0 radical (unpaired) electrons. The van der Waals surface area contributed by atoms with Crippen molar-refractivity contribution >= 4 is 11.9 Å². The fourth-order valence-corrected chi connectivity index (χ4v) is 1.67. The number of aliphatic carboxylic acids is 1. The first-order valence-electron chi connectivity index (χ1n) is 6.05. The van der Waals surface area contributed by atoms with Crippen LogP contribution in [0.25, 0.3) is 0 Å². The standard InChI is InChI=1S/C14H16N2O3/c1-10(4-2-7-13(17)18)16-14(19)12-6-3-5-11(8-12)9-15/h3,5-6,8,10H,2,4,7H2,1H3,(H,16,19)(H,17,18). The number of benzene rings is 1. The van der Waals surface area contributed by atoms with Gasteiger partial charge in [0.1, 0.15) is 0 Å². The largest absolute Gasteiger partial charge is 0.481 e. The zero-order valence-electron chi connectivity index (χ0n) is 10.7. The van der Waals surface area contributed by atoms with Crippen LogP contribution in [-0.4, -0.2) is 23.0 Å². The number of carboxylic acid groups (broad SMARTS) is 1. The van der Waals surface area contributed by atoms with Crippen molar-refractivity contribution in [2.75, 3.05) is 0 Å². The number of nitrogens with zero attached hydrogens (tertiary/aromatic N) is 1. The van der Waals surface area contributed by atoms with Gasteiger partial charge in [-0.15, -0.1) is 0 Å². The van der Waals surface area contributed by atoms with Crippen LogP contribution in [0.4, 0.5) is 0 Å². The Balaban J connectivity index is 2.50. The first-order valence-corrected chi connectivity index (χ1v) is 6.05. The molecule has 1 amide bonds. The number of hydrogen-bond donors (Lipinski definition) is 2. The summed E-state index contributed by atoms with van der Waals surface area (Å²) in [6, 6.07) is 8.33. The van der Waals surface area contributed by atoms with Crippen molar-refractivity contribution in [3.05, 3.63) is 35.4 Å². The van der Waals surface area contributed by atoms with E-state index in [4.69, 9.17) is 10.4 Å². The van der Waals surface area contributed by atoms with Crippen molar-refractivity contribution in [3.63, 3.8) is 0 Å². The topological polar surface area (TPSA) is 90.2 Å². The molecule has 0 aliphatic heterocycles. The van der Waals surface area contributed by atoms with Gasteiger partial charge >= 0.3 is 5.97 Å². The molecule has 0 bridgehead atoms. The first-order chi connectivity index (χ1) is 9.02. The van der Waals surface area contributed by atoms with E-state index in [1.807, 2.05) is 13.0 Å². The van der Waals surface area contributed by atoms with E-state index in [2.05, 4.69) is 5.32 Å². The molecule has 0 fully saturated rings. The Morgan fingerprint density at radius 3 is 2.84 bits per heavy atom. The summed E-state index contributed by atoms with van der Waals surface area (Å²) in [5.41, 5.74) is 0.871. The van der Waals surface area contributed by atoms with E-state index in [0.29, 0.717) is 24.0 Å². The van der Waals surface area contributed by atoms with Crippen molar-refractivity contribution in [2.24, 2.45) is 0 Å². The summed E-state index contributed by atoms with van der Waals surface area (Å²) in [6.07, 6.45) is 1.23. The van der Waals surface area contributed by atoms with E-state index >= 15 is 0 Å². The molecule has 5 nitrogen and oxygen atoms in total. The highest BCUT2D eigenvalue weighted by molar-refractivity contribution is 5.94. The third kappa shape index (κ3) is 5.21. The molecule has 2 N–H and O–H groups in total. The number of carbonyl (C=O) groups excluding carboxylic acids is 1. The van der Waals surface area contributed by atoms with Gasteiger partial charge in [-0.1, -0.05) is 6.07 Å². The summed E-state index contributed by atoms with van der Waals surface area (Å²) >= 11 is 0. The summed E-state index contributed by atoms with van der Waals surface area (Å²) in [7, 11) is 0. The lowest BCUT2D eigenvalue weighted by atomic mass is 10.1. The molecule has 1 atom stereocenters. The monoisotopic (exact) mass is 260 g/mol. The van der Waals surface area contributed by atoms with Crippen LogP contribution in [0.1, 0.15) is 42.1 Å². The molecule has 1 aromatic carbocycles. The molecule has 5 heteroatoms. The maximum atomic E-state index is 11.9. The molecule has 0 spiro atoms. The van der Waals surface area contributed by atoms with E-state index in [1.165, 1.54) is 6.07 Å². The second kappa shape index (κ2) is 7.17. The summed E-state index contributed by atoms with van der Waals surface area (Å²) in [6.45, 7) is 1.83. The normalized spacial score (nSPS) is 11.4. The summed E-state index contributed by atoms with van der Waals surface area (Å²) in [4.78, 5) is 22.3. The second-order valence-electron chi connectivity index (χ2n) is 4.35. The van der Waals surface area contributed by atoms with Crippen LogP contribution in [-0.2, 0) is 4.79 Å². The van der Waals surface area contributed by atoms with Crippen molar-refractivity contribution in [3.8, 4) is 6.07 Å². The third-order valence-corrected chi connectivity index (χ3v) is 2.66. The Bertz CT molecular complexity index is 506. The van der Waals surface area contributed by atoms with Gasteiger partial charge in [-0.3, -0.25) is 9.59 Å². The predicted octanol–water partition coefficient (Wildman–Crippen LogP) is 1.93. The van der Waals surface area contributed by atoms with Crippen LogP contribution in [0.15, 0.2) is 24.3 Å². The van der Waals surface area contributed by atoms with E-state index in [-0.39, 0.29) is 18.4 Å². The van der Waals surface area contributed by atoms with E-state index in [9.17, 15) is 9.59 Å². The molecule has 19 heavy (non-hydrogen) atoms. The number of nitrogens with one attached hydrogen (secondary N) is 1. The molecule has 0 saturated carbocycles. The maximum absolute atomic E-state index is 11.9. The zero-order chi connectivity index (χ0) is 14.3. The third-order valence-electron chi connectivity index (χ3n) is 2.66.